The van der Waals surface area contributed by atoms with Crippen LogP contribution in [0.15, 0.2) is 30.3 Å². The molecule has 2 fully saturated rings. The number of ether oxygens (including phenoxy) is 1. The second-order valence-electron chi connectivity index (χ2n) is 10.4. The summed E-state index contributed by atoms with van der Waals surface area (Å²) in [5.41, 5.74) is 0.0879. The summed E-state index contributed by atoms with van der Waals surface area (Å²) in [5.74, 6) is -3.98. The number of aliphatic hydroxyl groups excluding tert-OH is 1. The molecule has 0 unspecified atom stereocenters. The van der Waals surface area contributed by atoms with E-state index in [0.717, 1.165) is 6.07 Å². The molecule has 0 aliphatic carbocycles. The largest absolute Gasteiger partial charge is 0.394 e. The first-order valence-corrected chi connectivity index (χ1v) is 14.1. The van der Waals surface area contributed by atoms with Crippen molar-refractivity contribution in [3.8, 4) is 0 Å². The fraction of sp³-hybridized carbons (Fsp3) is 0.500. The zero-order valence-corrected chi connectivity index (χ0v) is 24.0. The summed E-state index contributed by atoms with van der Waals surface area (Å²) < 4.78 is 73.0. The molecule has 3 N–H and O–H groups in total. The van der Waals surface area contributed by atoms with E-state index in [-0.39, 0.29) is 37.5 Å². The molecule has 2 heterocycles. The topological polar surface area (TPSA) is 97.4 Å². The summed E-state index contributed by atoms with van der Waals surface area (Å²) in [6.45, 7) is 2.11. The van der Waals surface area contributed by atoms with Crippen molar-refractivity contribution in [3.63, 3.8) is 0 Å². The lowest BCUT2D eigenvalue weighted by Gasteiger charge is -2.37. The van der Waals surface area contributed by atoms with Crippen LogP contribution in [-0.2, 0) is 16.1 Å². The third kappa shape index (κ3) is 9.22. The molecule has 2 aliphatic heterocycles. The van der Waals surface area contributed by atoms with Crippen molar-refractivity contribution in [1.29, 1.82) is 0 Å². The average molecular weight is 634 g/mol. The Labute approximate surface area is 250 Å². The quantitative estimate of drug-likeness (QED) is 0.346. The maximum Gasteiger partial charge on any atom is 0.390 e. The number of amides is 2. The van der Waals surface area contributed by atoms with Crippen molar-refractivity contribution in [3.05, 3.63) is 58.1 Å². The van der Waals surface area contributed by atoms with Gasteiger partial charge in [-0.1, -0.05) is 17.7 Å². The highest BCUT2D eigenvalue weighted by molar-refractivity contribution is 6.31. The number of hydrogen-bond donors (Lipinski definition) is 3. The number of morpholine rings is 1. The number of piperazine rings is 1. The van der Waals surface area contributed by atoms with Crippen LogP contribution in [0, 0.1) is 11.6 Å². The predicted octanol–water partition coefficient (Wildman–Crippen LogP) is 3.25. The van der Waals surface area contributed by atoms with Gasteiger partial charge in [-0.2, -0.15) is 13.2 Å². The number of alkyl halides is 3. The summed E-state index contributed by atoms with van der Waals surface area (Å²) in [6, 6.07) is 6.96. The minimum atomic E-state index is -4.24. The molecule has 43 heavy (non-hydrogen) atoms. The van der Waals surface area contributed by atoms with Crippen molar-refractivity contribution < 1.29 is 41.4 Å². The first-order chi connectivity index (χ1) is 20.4. The Morgan fingerprint density at radius 2 is 1.77 bits per heavy atom. The number of hydrogen-bond acceptors (Lipinski definition) is 7. The Morgan fingerprint density at radius 3 is 2.47 bits per heavy atom. The maximum atomic E-state index is 15.0. The van der Waals surface area contributed by atoms with E-state index in [4.69, 9.17) is 16.3 Å². The lowest BCUT2D eigenvalue weighted by molar-refractivity contribution is -0.138. The molecule has 0 radical (unpaired) electrons. The van der Waals surface area contributed by atoms with Crippen LogP contribution < -0.4 is 15.5 Å². The van der Waals surface area contributed by atoms with Crippen LogP contribution in [-0.4, -0.2) is 105 Å². The second kappa shape index (κ2) is 14.6. The molecule has 0 aromatic heterocycles. The summed E-state index contributed by atoms with van der Waals surface area (Å²) in [6.07, 6.45) is -5.53. The van der Waals surface area contributed by atoms with E-state index in [1.807, 2.05) is 4.90 Å². The van der Waals surface area contributed by atoms with E-state index in [2.05, 4.69) is 10.6 Å². The normalized spacial score (nSPS) is 18.5. The van der Waals surface area contributed by atoms with Crippen molar-refractivity contribution in [2.45, 2.75) is 25.2 Å². The molecule has 0 spiro atoms. The predicted molar refractivity (Wildman–Crippen MR) is 150 cm³/mol. The van der Waals surface area contributed by atoms with E-state index >= 15 is 4.39 Å². The standard InChI is InChI=1S/C28H33ClF5N5O4/c29-19-2-4-22(23(13-19)39-9-7-37(8-10-39)6-5-28(32,33)34)36-27(42)21-3-1-18(25(30)26(21)31)14-35-24(41)16-38-11-12-43-20(15-38)17-40/h1-4,13,20,40H,5-12,14-17H2,(H,35,41)(H,36,42)/t20-/m1/s1. The van der Waals surface area contributed by atoms with Gasteiger partial charge in [-0.25, -0.2) is 8.78 Å². The number of anilines is 2. The van der Waals surface area contributed by atoms with Crippen LogP contribution in [0.25, 0.3) is 0 Å². The molecule has 1 atom stereocenters. The van der Waals surface area contributed by atoms with Crippen molar-refractivity contribution in [2.75, 3.05) is 75.8 Å². The smallest absolute Gasteiger partial charge is 0.390 e. The molecule has 2 aliphatic rings. The molecule has 2 amide bonds. The average Bonchev–Trinajstić information content (AvgIpc) is 2.97. The van der Waals surface area contributed by atoms with E-state index in [0.29, 0.717) is 56.6 Å². The van der Waals surface area contributed by atoms with Gasteiger partial charge in [0.05, 0.1) is 49.2 Å². The summed E-state index contributed by atoms with van der Waals surface area (Å²) in [4.78, 5) is 30.7. The zero-order chi connectivity index (χ0) is 31.1. The Balaban J connectivity index is 1.36. The van der Waals surface area contributed by atoms with Crippen LogP contribution in [0.5, 0.6) is 0 Å². The Morgan fingerprint density at radius 1 is 1.02 bits per heavy atom. The third-order valence-electron chi connectivity index (χ3n) is 7.31. The molecule has 0 bridgehead atoms. The van der Waals surface area contributed by atoms with Gasteiger partial charge in [0.2, 0.25) is 5.91 Å². The first-order valence-electron chi connectivity index (χ1n) is 13.8. The van der Waals surface area contributed by atoms with Crippen LogP contribution in [0.3, 0.4) is 0 Å². The lowest BCUT2D eigenvalue weighted by Crippen LogP contribution is -2.47. The highest BCUT2D eigenvalue weighted by Crippen LogP contribution is 2.31. The van der Waals surface area contributed by atoms with Gasteiger partial charge < -0.3 is 25.4 Å². The van der Waals surface area contributed by atoms with Crippen molar-refractivity contribution in [1.82, 2.24) is 15.1 Å². The van der Waals surface area contributed by atoms with Gasteiger partial charge in [0.25, 0.3) is 5.91 Å². The summed E-state index contributed by atoms with van der Waals surface area (Å²) in [7, 11) is 0. The van der Waals surface area contributed by atoms with Gasteiger partial charge in [-0.15, -0.1) is 0 Å². The zero-order valence-electron chi connectivity index (χ0n) is 23.2. The van der Waals surface area contributed by atoms with Crippen LogP contribution in [0.1, 0.15) is 22.3 Å². The molecular formula is C28H33ClF5N5O4. The van der Waals surface area contributed by atoms with Crippen LogP contribution in [0.2, 0.25) is 5.02 Å². The molecule has 2 aromatic carbocycles. The maximum absolute atomic E-state index is 15.0. The summed E-state index contributed by atoms with van der Waals surface area (Å²) in [5, 5.41) is 14.7. The van der Waals surface area contributed by atoms with Gasteiger partial charge in [0, 0.05) is 62.9 Å². The number of nitrogens with one attached hydrogen (secondary N) is 2. The fourth-order valence-corrected chi connectivity index (χ4v) is 5.11. The monoisotopic (exact) mass is 633 g/mol. The number of rotatable bonds is 10. The van der Waals surface area contributed by atoms with Gasteiger partial charge in [0.1, 0.15) is 0 Å². The van der Waals surface area contributed by atoms with E-state index in [1.54, 1.807) is 15.9 Å². The van der Waals surface area contributed by atoms with E-state index in [9.17, 15) is 32.3 Å². The minimum Gasteiger partial charge on any atom is -0.394 e. The number of aliphatic hydroxyl groups is 1. The van der Waals surface area contributed by atoms with Crippen molar-refractivity contribution >= 4 is 34.8 Å². The van der Waals surface area contributed by atoms with Gasteiger partial charge in [-0.3, -0.25) is 19.4 Å². The molecule has 4 rings (SSSR count). The molecule has 0 saturated carbocycles. The number of carbonyl (C=O) groups excluding carboxylic acids is 2. The SMILES string of the molecule is O=C(CN1CCO[C@@H](CO)C1)NCc1ccc(C(=O)Nc2ccc(Cl)cc2N2CCN(CCC(F)(F)F)CC2)c(F)c1F. The number of carbonyl (C=O) groups is 2. The van der Waals surface area contributed by atoms with Crippen LogP contribution >= 0.6 is 11.6 Å². The van der Waals surface area contributed by atoms with Gasteiger partial charge in [-0.05, 0) is 24.3 Å². The molecule has 15 heteroatoms. The molecular weight excluding hydrogens is 601 g/mol. The third-order valence-corrected chi connectivity index (χ3v) is 7.54. The number of benzene rings is 2. The Kier molecular flexibility index (Phi) is 11.2. The molecule has 236 valence electrons. The Bertz CT molecular complexity index is 1290. The fourth-order valence-electron chi connectivity index (χ4n) is 4.95. The highest BCUT2D eigenvalue weighted by Gasteiger charge is 2.29. The van der Waals surface area contributed by atoms with Gasteiger partial charge >= 0.3 is 6.18 Å². The minimum absolute atomic E-state index is 0.00349. The highest BCUT2D eigenvalue weighted by atomic mass is 35.5. The lowest BCUT2D eigenvalue weighted by atomic mass is 10.1. The van der Waals surface area contributed by atoms with E-state index in [1.165, 1.54) is 18.2 Å². The van der Waals surface area contributed by atoms with Crippen molar-refractivity contribution in [2.24, 2.45) is 0 Å². The van der Waals surface area contributed by atoms with Gasteiger partial charge in [0.15, 0.2) is 11.6 Å². The Hall–Kier alpha value is -3.04. The first kappa shape index (κ1) is 32.9. The number of halogens is 6. The molecule has 9 nitrogen and oxygen atoms in total. The number of nitrogens with zero attached hydrogens (tertiary/aromatic N) is 3. The second-order valence-corrected chi connectivity index (χ2v) is 10.8. The molecule has 2 aromatic rings. The summed E-state index contributed by atoms with van der Waals surface area (Å²) >= 11 is 6.17. The van der Waals surface area contributed by atoms with E-state index < -0.39 is 47.7 Å². The molecule has 2 saturated heterocycles. The van der Waals surface area contributed by atoms with Crippen LogP contribution in [0.4, 0.5) is 33.3 Å².